The summed E-state index contributed by atoms with van der Waals surface area (Å²) in [6, 6.07) is 0. The highest BCUT2D eigenvalue weighted by molar-refractivity contribution is 5.90. The number of rotatable bonds is 4. The molecule has 0 spiro atoms. The van der Waals surface area contributed by atoms with Crippen LogP contribution in [-0.4, -0.2) is 34.4 Å². The highest BCUT2D eigenvalue weighted by Crippen LogP contribution is 2.63. The van der Waals surface area contributed by atoms with E-state index in [1.54, 1.807) is 0 Å². The van der Waals surface area contributed by atoms with Gasteiger partial charge in [0.05, 0.1) is 11.0 Å². The Hall–Kier alpha value is -1.36. The zero-order chi connectivity index (χ0) is 18.5. The lowest BCUT2D eigenvalue weighted by molar-refractivity contribution is -0.190. The first kappa shape index (κ1) is 18.4. The molecule has 1 heterocycles. The lowest BCUT2D eigenvalue weighted by atomic mass is 9.44. The second kappa shape index (κ2) is 6.11. The monoisotopic (exact) mass is 350 g/mol. The van der Waals surface area contributed by atoms with Crippen molar-refractivity contribution >= 4 is 11.9 Å². The number of ether oxygens (including phenoxy) is 1. The van der Waals surface area contributed by atoms with Crippen molar-refractivity contribution in [3.63, 3.8) is 0 Å². The van der Waals surface area contributed by atoms with Crippen LogP contribution in [-0.2, 0) is 14.3 Å². The lowest BCUT2D eigenvalue weighted by Gasteiger charge is -2.60. The van der Waals surface area contributed by atoms with Crippen LogP contribution in [0.25, 0.3) is 0 Å². The van der Waals surface area contributed by atoms with Crippen LogP contribution in [0.2, 0.25) is 0 Å². The van der Waals surface area contributed by atoms with Crippen LogP contribution in [0.1, 0.15) is 65.7 Å². The van der Waals surface area contributed by atoms with Gasteiger partial charge in [0.25, 0.3) is 0 Å². The fourth-order valence-electron chi connectivity index (χ4n) is 6.09. The van der Waals surface area contributed by atoms with Gasteiger partial charge in [-0.15, -0.1) is 0 Å². The molecular weight excluding hydrogens is 320 g/mol. The topological polar surface area (TPSA) is 83.8 Å². The third-order valence-corrected chi connectivity index (χ3v) is 7.46. The minimum Gasteiger partial charge on any atom is -0.481 e. The van der Waals surface area contributed by atoms with Gasteiger partial charge in [-0.2, -0.15) is 0 Å². The van der Waals surface area contributed by atoms with Gasteiger partial charge in [-0.05, 0) is 75.7 Å². The number of aliphatic carboxylic acids is 1. The van der Waals surface area contributed by atoms with Gasteiger partial charge in [-0.3, -0.25) is 4.79 Å². The highest BCUT2D eigenvalue weighted by Gasteiger charge is 2.61. The zero-order valence-corrected chi connectivity index (χ0v) is 15.5. The molecule has 0 aromatic rings. The van der Waals surface area contributed by atoms with Gasteiger partial charge in [-0.25, -0.2) is 4.79 Å². The van der Waals surface area contributed by atoms with Crippen LogP contribution in [0, 0.1) is 22.7 Å². The van der Waals surface area contributed by atoms with Crippen molar-refractivity contribution in [2.45, 2.75) is 71.3 Å². The smallest absolute Gasteiger partial charge is 0.334 e. The highest BCUT2D eigenvalue weighted by atomic mass is 16.5. The van der Waals surface area contributed by atoms with Crippen molar-refractivity contribution in [1.82, 2.24) is 0 Å². The summed E-state index contributed by atoms with van der Waals surface area (Å²) in [5.41, 5.74) is -1.09. The molecule has 25 heavy (non-hydrogen) atoms. The van der Waals surface area contributed by atoms with Gasteiger partial charge in [0.1, 0.15) is 6.61 Å². The Morgan fingerprint density at radius 1 is 1.28 bits per heavy atom. The normalized spacial score (nSPS) is 44.0. The third kappa shape index (κ3) is 2.90. The number of aliphatic hydroxyl groups is 1. The first-order valence-electron chi connectivity index (χ1n) is 9.43. The van der Waals surface area contributed by atoms with E-state index in [0.717, 1.165) is 19.3 Å². The molecule has 0 aromatic carbocycles. The van der Waals surface area contributed by atoms with Crippen molar-refractivity contribution < 1.29 is 24.5 Å². The van der Waals surface area contributed by atoms with Crippen LogP contribution in [0.4, 0.5) is 0 Å². The summed E-state index contributed by atoms with van der Waals surface area (Å²) in [5, 5.41) is 21.0. The first-order chi connectivity index (χ1) is 11.6. The Balaban J connectivity index is 1.88. The number of esters is 1. The van der Waals surface area contributed by atoms with E-state index in [1.165, 1.54) is 0 Å². The Morgan fingerprint density at radius 2 is 2.00 bits per heavy atom. The first-order valence-corrected chi connectivity index (χ1v) is 9.43. The Bertz CT molecular complexity index is 607. The predicted molar refractivity (Wildman–Crippen MR) is 92.8 cm³/mol. The molecular formula is C20H30O5. The molecule has 5 nitrogen and oxygen atoms in total. The lowest BCUT2D eigenvalue weighted by Crippen LogP contribution is -2.59. The molecule has 0 amide bonds. The van der Waals surface area contributed by atoms with E-state index in [0.29, 0.717) is 37.9 Å². The molecule has 0 radical (unpaired) electrons. The maximum Gasteiger partial charge on any atom is 0.334 e. The number of carboxylic acid groups (broad SMARTS) is 1. The molecule has 5 heteroatoms. The number of fused-ring (bicyclic) bond motifs is 1. The van der Waals surface area contributed by atoms with Gasteiger partial charge in [0.2, 0.25) is 0 Å². The molecule has 0 aromatic heterocycles. The number of carbonyl (C=O) groups excluding carboxylic acids is 1. The second-order valence-corrected chi connectivity index (χ2v) is 8.95. The minimum atomic E-state index is -0.828. The molecule has 3 rings (SSSR count). The van der Waals surface area contributed by atoms with Crippen molar-refractivity contribution in [3.8, 4) is 0 Å². The summed E-state index contributed by atoms with van der Waals surface area (Å²) in [6.07, 6.45) is 6.97. The summed E-state index contributed by atoms with van der Waals surface area (Å²) in [5.74, 6) is -0.935. The molecule has 0 bridgehead atoms. The molecule has 2 aliphatic carbocycles. The van der Waals surface area contributed by atoms with E-state index in [2.05, 4.69) is 6.92 Å². The van der Waals surface area contributed by atoms with Crippen molar-refractivity contribution in [2.24, 2.45) is 22.7 Å². The van der Waals surface area contributed by atoms with Gasteiger partial charge < -0.3 is 14.9 Å². The van der Waals surface area contributed by atoms with E-state index < -0.39 is 17.0 Å². The fourth-order valence-corrected chi connectivity index (χ4v) is 6.09. The molecule has 2 fully saturated rings. The Kier molecular flexibility index (Phi) is 4.51. The van der Waals surface area contributed by atoms with Gasteiger partial charge in [0, 0.05) is 5.57 Å². The largest absolute Gasteiger partial charge is 0.481 e. The number of carboxylic acids is 1. The van der Waals surface area contributed by atoms with Gasteiger partial charge >= 0.3 is 11.9 Å². The zero-order valence-electron chi connectivity index (χ0n) is 15.5. The second-order valence-electron chi connectivity index (χ2n) is 8.95. The Morgan fingerprint density at radius 3 is 2.60 bits per heavy atom. The van der Waals surface area contributed by atoms with Crippen molar-refractivity contribution in [3.05, 3.63) is 11.6 Å². The maximum atomic E-state index is 12.0. The average Bonchev–Trinajstić information content (AvgIpc) is 2.91. The summed E-state index contributed by atoms with van der Waals surface area (Å²) in [4.78, 5) is 23.8. The predicted octanol–water partition coefficient (Wildman–Crippen LogP) is 3.31. The summed E-state index contributed by atoms with van der Waals surface area (Å²) >= 11 is 0. The van der Waals surface area contributed by atoms with E-state index in [1.807, 2.05) is 19.9 Å². The summed E-state index contributed by atoms with van der Waals surface area (Å²) < 4.78 is 4.98. The number of hydrogen-bond donors (Lipinski definition) is 2. The van der Waals surface area contributed by atoms with Crippen LogP contribution < -0.4 is 0 Å². The molecule has 2 saturated carbocycles. The minimum absolute atomic E-state index is 0.0213. The van der Waals surface area contributed by atoms with E-state index >= 15 is 0 Å². The molecule has 140 valence electrons. The molecule has 0 unspecified atom stereocenters. The van der Waals surface area contributed by atoms with Gasteiger partial charge in [-0.1, -0.05) is 13.3 Å². The molecule has 2 N–H and O–H groups in total. The fraction of sp³-hybridized carbons (Fsp3) is 0.800. The quantitative estimate of drug-likeness (QED) is 0.760. The van der Waals surface area contributed by atoms with Crippen LogP contribution >= 0.6 is 0 Å². The maximum absolute atomic E-state index is 12.0. The average molecular weight is 350 g/mol. The number of carbonyl (C=O) groups is 2. The van der Waals surface area contributed by atoms with Crippen LogP contribution in [0.5, 0.6) is 0 Å². The van der Waals surface area contributed by atoms with E-state index in [4.69, 9.17) is 4.74 Å². The van der Waals surface area contributed by atoms with E-state index in [9.17, 15) is 19.8 Å². The van der Waals surface area contributed by atoms with E-state index in [-0.39, 0.29) is 23.2 Å². The standard InChI is InChI=1S/C20H30O5/c1-18-9-4-10-19(2,17(22)23)14(18)7-11-20(3,24)15(18)6-5-13-8-12-25-16(13)21/h8,14-15,24H,4-7,9-12H2,1-3H3,(H,22,23)/t14-,15-,18+,19-,20+/m1/s1. The molecule has 3 aliphatic rings. The molecule has 0 saturated heterocycles. The number of hydrogen-bond acceptors (Lipinski definition) is 4. The number of cyclic esters (lactones) is 1. The van der Waals surface area contributed by atoms with Gasteiger partial charge in [0.15, 0.2) is 0 Å². The summed E-state index contributed by atoms with van der Waals surface area (Å²) in [7, 11) is 0. The van der Waals surface area contributed by atoms with Crippen molar-refractivity contribution in [2.75, 3.05) is 6.61 Å². The Labute approximate surface area is 149 Å². The van der Waals surface area contributed by atoms with Crippen LogP contribution in [0.15, 0.2) is 11.6 Å². The van der Waals surface area contributed by atoms with Crippen molar-refractivity contribution in [1.29, 1.82) is 0 Å². The third-order valence-electron chi connectivity index (χ3n) is 7.46. The molecule has 5 atom stereocenters. The van der Waals surface area contributed by atoms with Crippen LogP contribution in [0.3, 0.4) is 0 Å². The molecule has 1 aliphatic heterocycles. The summed E-state index contributed by atoms with van der Waals surface area (Å²) in [6.45, 7) is 6.27. The SMILES string of the molecule is C[C@]12CCC[C@@](C)(C(=O)O)[C@@H]1CC[C@](C)(O)[C@@H]2CCC1=CCOC1=O.